The lowest BCUT2D eigenvalue weighted by Crippen LogP contribution is -2.22. The molecule has 1 aromatic carbocycles. The van der Waals surface area contributed by atoms with Crippen LogP contribution in [0.1, 0.15) is 5.56 Å². The van der Waals surface area contributed by atoms with Gasteiger partial charge in [-0.3, -0.25) is 0 Å². The van der Waals surface area contributed by atoms with Gasteiger partial charge in [-0.15, -0.1) is 0 Å². The third-order valence-electron chi connectivity index (χ3n) is 2.96. The second kappa shape index (κ2) is 5.94. The summed E-state index contributed by atoms with van der Waals surface area (Å²) < 4.78 is 20.4. The minimum atomic E-state index is -0.547. The maximum absolute atomic E-state index is 11.4. The summed E-state index contributed by atoms with van der Waals surface area (Å²) in [4.78, 5) is 11.4. The number of hydrogen-bond acceptors (Lipinski definition) is 6. The Morgan fingerprint density at radius 1 is 1.30 bits per heavy atom. The van der Waals surface area contributed by atoms with E-state index in [4.69, 9.17) is 18.6 Å². The number of rotatable bonds is 5. The Bertz CT molecular complexity index is 656. The highest BCUT2D eigenvalue weighted by Gasteiger charge is 2.14. The Balaban J connectivity index is 2.37. The molecule has 6 heteroatoms. The monoisotopic (exact) mass is 280 g/mol. The van der Waals surface area contributed by atoms with E-state index in [1.165, 1.54) is 20.3 Å². The van der Waals surface area contributed by atoms with Gasteiger partial charge in [0.05, 0.1) is 0 Å². The molecule has 0 radical (unpaired) electrons. The predicted molar refractivity (Wildman–Crippen MR) is 72.2 cm³/mol. The summed E-state index contributed by atoms with van der Waals surface area (Å²) in [6, 6.07) is 4.69. The molecule has 1 N–H and O–H groups in total. The van der Waals surface area contributed by atoms with Crippen LogP contribution >= 0.6 is 0 Å². The van der Waals surface area contributed by atoms with Gasteiger partial charge in [-0.1, -0.05) is 0 Å². The Morgan fingerprint density at radius 3 is 2.65 bits per heavy atom. The molecule has 0 atom stereocenters. The summed E-state index contributed by atoms with van der Waals surface area (Å²) >= 11 is 0. The third kappa shape index (κ3) is 2.76. The molecule has 2 rings (SSSR count). The van der Waals surface area contributed by atoms with Gasteiger partial charge >= 0.3 is 5.63 Å². The first-order valence-corrected chi connectivity index (χ1v) is 6.01. The molecule has 0 amide bonds. The highest BCUT2D eigenvalue weighted by molar-refractivity contribution is 5.87. The van der Waals surface area contributed by atoms with Crippen LogP contribution in [0, 0.1) is 6.92 Å². The zero-order valence-electron chi connectivity index (χ0n) is 11.5. The highest BCUT2D eigenvalue weighted by Crippen LogP contribution is 2.34. The standard InChI is InChI=1S/C14H16O6/c1-8-6-11(15)20-14-9(8)4-5-10(13(14)16)19-7-12(17-2)18-3/h4-6,12,16H,7H2,1-3H3. The van der Waals surface area contributed by atoms with Crippen molar-refractivity contribution in [2.75, 3.05) is 20.8 Å². The van der Waals surface area contributed by atoms with E-state index in [0.717, 1.165) is 5.56 Å². The predicted octanol–water partition coefficient (Wildman–Crippen LogP) is 1.80. The molecule has 0 saturated heterocycles. The Hall–Kier alpha value is -2.05. The van der Waals surface area contributed by atoms with Gasteiger partial charge in [-0.05, 0) is 24.6 Å². The molecule has 6 nitrogen and oxygen atoms in total. The van der Waals surface area contributed by atoms with E-state index in [1.54, 1.807) is 19.1 Å². The van der Waals surface area contributed by atoms with E-state index in [1.807, 2.05) is 0 Å². The number of phenols is 1. The van der Waals surface area contributed by atoms with Gasteiger partial charge in [0.1, 0.15) is 6.61 Å². The number of hydrogen-bond donors (Lipinski definition) is 1. The number of ether oxygens (including phenoxy) is 3. The van der Waals surface area contributed by atoms with Crippen LogP contribution in [-0.2, 0) is 9.47 Å². The van der Waals surface area contributed by atoms with E-state index in [-0.39, 0.29) is 23.7 Å². The molecule has 0 aliphatic heterocycles. The molecule has 0 saturated carbocycles. The first-order valence-electron chi connectivity index (χ1n) is 6.01. The Kier molecular flexibility index (Phi) is 4.26. The summed E-state index contributed by atoms with van der Waals surface area (Å²) in [5.41, 5.74) is 0.317. The molecule has 0 fully saturated rings. The number of phenolic OH excluding ortho intramolecular Hbond substituents is 1. The summed E-state index contributed by atoms with van der Waals surface area (Å²) in [7, 11) is 2.97. The number of aryl methyl sites for hydroxylation is 1. The van der Waals surface area contributed by atoms with Crippen LogP contribution in [0.4, 0.5) is 0 Å². The van der Waals surface area contributed by atoms with Gasteiger partial charge in [-0.25, -0.2) is 4.79 Å². The topological polar surface area (TPSA) is 78.1 Å². The van der Waals surface area contributed by atoms with Crippen LogP contribution in [0.2, 0.25) is 0 Å². The third-order valence-corrected chi connectivity index (χ3v) is 2.96. The molecule has 20 heavy (non-hydrogen) atoms. The molecule has 0 aliphatic carbocycles. The van der Waals surface area contributed by atoms with Gasteiger partial charge < -0.3 is 23.7 Å². The smallest absolute Gasteiger partial charge is 0.336 e. The first-order chi connectivity index (χ1) is 9.56. The van der Waals surface area contributed by atoms with Crippen LogP contribution in [0.15, 0.2) is 27.4 Å². The summed E-state index contributed by atoms with van der Waals surface area (Å²) in [5.74, 6) is -0.0143. The van der Waals surface area contributed by atoms with Crippen molar-refractivity contribution in [2.24, 2.45) is 0 Å². The second-order valence-corrected chi connectivity index (χ2v) is 4.25. The highest BCUT2D eigenvalue weighted by atomic mass is 16.7. The lowest BCUT2D eigenvalue weighted by Gasteiger charge is -2.15. The number of fused-ring (bicyclic) bond motifs is 1. The SMILES string of the molecule is COC(COc1ccc2c(C)cc(=O)oc2c1O)OC. The molecule has 0 bridgehead atoms. The van der Waals surface area contributed by atoms with Crippen molar-refractivity contribution in [3.05, 3.63) is 34.2 Å². The lowest BCUT2D eigenvalue weighted by molar-refractivity contribution is -0.122. The second-order valence-electron chi connectivity index (χ2n) is 4.25. The van der Waals surface area contributed by atoms with Gasteiger partial charge in [0.25, 0.3) is 0 Å². The van der Waals surface area contributed by atoms with Crippen LogP contribution < -0.4 is 10.4 Å². The molecular weight excluding hydrogens is 264 g/mol. The average Bonchev–Trinajstić information content (AvgIpc) is 2.42. The zero-order chi connectivity index (χ0) is 14.7. The number of aromatic hydroxyl groups is 1. The summed E-state index contributed by atoms with van der Waals surface area (Å²) in [6.45, 7) is 1.87. The molecule has 108 valence electrons. The molecule has 0 aliphatic rings. The van der Waals surface area contributed by atoms with Gasteiger partial charge in [-0.2, -0.15) is 0 Å². The van der Waals surface area contributed by atoms with Gasteiger partial charge in [0, 0.05) is 25.7 Å². The molecule has 0 spiro atoms. The molecule has 2 aromatic rings. The van der Waals surface area contributed by atoms with E-state index in [0.29, 0.717) is 5.39 Å². The molecular formula is C14H16O6. The van der Waals surface area contributed by atoms with Crippen LogP contribution in [0.5, 0.6) is 11.5 Å². The zero-order valence-corrected chi connectivity index (χ0v) is 11.5. The maximum Gasteiger partial charge on any atom is 0.336 e. The Morgan fingerprint density at radius 2 is 2.00 bits per heavy atom. The molecule has 1 aromatic heterocycles. The largest absolute Gasteiger partial charge is 0.502 e. The number of methoxy groups -OCH3 is 2. The van der Waals surface area contributed by atoms with Crippen LogP contribution in [-0.4, -0.2) is 32.2 Å². The summed E-state index contributed by atoms with van der Waals surface area (Å²) in [6.07, 6.45) is -0.547. The maximum atomic E-state index is 11.4. The first kappa shape index (κ1) is 14.4. The fraction of sp³-hybridized carbons (Fsp3) is 0.357. The van der Waals surface area contributed by atoms with Crippen molar-refractivity contribution >= 4 is 11.0 Å². The number of benzene rings is 1. The van der Waals surface area contributed by atoms with E-state index in [9.17, 15) is 9.90 Å². The normalized spacial score (nSPS) is 11.2. The van der Waals surface area contributed by atoms with E-state index >= 15 is 0 Å². The summed E-state index contributed by atoms with van der Waals surface area (Å²) in [5, 5.41) is 10.8. The minimum Gasteiger partial charge on any atom is -0.502 e. The minimum absolute atomic E-state index is 0.0993. The fourth-order valence-electron chi connectivity index (χ4n) is 1.86. The molecule has 1 heterocycles. The Labute approximate surface area is 115 Å². The van der Waals surface area contributed by atoms with Crippen molar-refractivity contribution in [3.8, 4) is 11.5 Å². The fourth-order valence-corrected chi connectivity index (χ4v) is 1.86. The van der Waals surface area contributed by atoms with Gasteiger partial charge in [0.2, 0.25) is 5.75 Å². The lowest BCUT2D eigenvalue weighted by atomic mass is 10.1. The van der Waals surface area contributed by atoms with Crippen molar-refractivity contribution in [3.63, 3.8) is 0 Å². The van der Waals surface area contributed by atoms with Crippen molar-refractivity contribution in [2.45, 2.75) is 13.2 Å². The van der Waals surface area contributed by atoms with E-state index < -0.39 is 11.9 Å². The van der Waals surface area contributed by atoms with Crippen molar-refractivity contribution < 1.29 is 23.7 Å². The van der Waals surface area contributed by atoms with Crippen LogP contribution in [0.25, 0.3) is 11.0 Å². The van der Waals surface area contributed by atoms with Crippen molar-refractivity contribution in [1.29, 1.82) is 0 Å². The van der Waals surface area contributed by atoms with Crippen molar-refractivity contribution in [1.82, 2.24) is 0 Å². The average molecular weight is 280 g/mol. The quantitative estimate of drug-likeness (QED) is 0.664. The molecule has 0 unspecified atom stereocenters. The van der Waals surface area contributed by atoms with Gasteiger partial charge in [0.15, 0.2) is 17.6 Å². The van der Waals surface area contributed by atoms with Crippen LogP contribution in [0.3, 0.4) is 0 Å². The van der Waals surface area contributed by atoms with E-state index in [2.05, 4.69) is 0 Å².